The minimum absolute atomic E-state index is 0.477. The summed E-state index contributed by atoms with van der Waals surface area (Å²) < 4.78 is 10.6. The summed E-state index contributed by atoms with van der Waals surface area (Å²) in [5.41, 5.74) is 0. The van der Waals surface area contributed by atoms with Crippen molar-refractivity contribution in [2.24, 2.45) is 5.92 Å². The summed E-state index contributed by atoms with van der Waals surface area (Å²) in [5.74, 6) is 0.477. The number of rotatable bonds is 2. The second-order valence-electron chi connectivity index (χ2n) is 2.43. The van der Waals surface area contributed by atoms with Crippen molar-refractivity contribution in [2.45, 2.75) is 20.8 Å². The fraction of sp³-hybridized carbons (Fsp3) is 0.571. The summed E-state index contributed by atoms with van der Waals surface area (Å²) in [6, 6.07) is 0. The van der Waals surface area contributed by atoms with Gasteiger partial charge in [0, 0.05) is 5.31 Å². The topological polar surface area (TPSA) is 17.1 Å². The van der Waals surface area contributed by atoms with Crippen LogP contribution in [-0.2, 0) is 4.57 Å². The number of hydrogen-bond donors (Lipinski definition) is 0. The smallest absolute Gasteiger partial charge is 0.117 e. The zero-order valence-electron chi connectivity index (χ0n) is 6.22. The highest BCUT2D eigenvalue weighted by Crippen LogP contribution is 2.18. The molecule has 0 spiro atoms. The van der Waals surface area contributed by atoms with Crippen molar-refractivity contribution in [3.8, 4) is 0 Å². The Morgan fingerprint density at radius 3 is 2.22 bits per heavy atom. The van der Waals surface area contributed by atoms with E-state index in [4.69, 9.17) is 0 Å². The fourth-order valence-corrected chi connectivity index (χ4v) is 1.03. The molecule has 52 valence electrons. The van der Waals surface area contributed by atoms with Gasteiger partial charge in [-0.05, 0) is 19.1 Å². The van der Waals surface area contributed by atoms with Crippen LogP contribution in [-0.4, -0.2) is 6.30 Å². The van der Waals surface area contributed by atoms with E-state index >= 15 is 0 Å². The molecule has 0 rings (SSSR count). The predicted octanol–water partition coefficient (Wildman–Crippen LogP) is 2.81. The Morgan fingerprint density at radius 1 is 1.67 bits per heavy atom. The molecule has 0 aromatic heterocycles. The SMILES string of the molecule is C=P(=O)/C(C)=C/C(C)C. The molecule has 2 heteroatoms. The van der Waals surface area contributed by atoms with E-state index in [0.717, 1.165) is 5.31 Å². The lowest BCUT2D eigenvalue weighted by atomic mass is 10.2. The van der Waals surface area contributed by atoms with Crippen molar-refractivity contribution in [1.29, 1.82) is 0 Å². The second-order valence-corrected chi connectivity index (χ2v) is 3.89. The lowest BCUT2D eigenvalue weighted by Gasteiger charge is -1.93. The van der Waals surface area contributed by atoms with E-state index in [-0.39, 0.29) is 0 Å². The molecular formula is C7H13OP. The zero-order valence-corrected chi connectivity index (χ0v) is 7.11. The van der Waals surface area contributed by atoms with Crippen molar-refractivity contribution >= 4 is 13.7 Å². The largest absolute Gasteiger partial charge is 0.278 e. The Labute approximate surface area is 57.2 Å². The minimum atomic E-state index is -1.33. The average Bonchev–Trinajstić information content (AvgIpc) is 1.63. The van der Waals surface area contributed by atoms with Gasteiger partial charge in [-0.25, -0.2) is 0 Å². The Kier molecular flexibility index (Phi) is 3.56. The Balaban J connectivity index is 4.17. The van der Waals surface area contributed by atoms with Crippen molar-refractivity contribution in [3.05, 3.63) is 11.4 Å². The first kappa shape index (κ1) is 8.71. The molecule has 0 amide bonds. The highest BCUT2D eigenvalue weighted by molar-refractivity contribution is 7.47. The standard InChI is InChI=1S/C7H13OP/c1-6(2)5-7(3)9(4)8/h5-6H,4H2,1-3H3/b7-5+. The van der Waals surface area contributed by atoms with Crippen molar-refractivity contribution < 1.29 is 4.57 Å². The van der Waals surface area contributed by atoms with Gasteiger partial charge in [0.2, 0.25) is 0 Å². The molecule has 0 radical (unpaired) electrons. The minimum Gasteiger partial charge on any atom is -0.278 e. The lowest BCUT2D eigenvalue weighted by molar-refractivity contribution is 0.599. The second kappa shape index (κ2) is 3.68. The van der Waals surface area contributed by atoms with Gasteiger partial charge < -0.3 is 0 Å². The van der Waals surface area contributed by atoms with Crippen LogP contribution in [0.1, 0.15) is 20.8 Å². The van der Waals surface area contributed by atoms with Gasteiger partial charge >= 0.3 is 0 Å². The summed E-state index contributed by atoms with van der Waals surface area (Å²) in [7, 11) is -1.33. The van der Waals surface area contributed by atoms with E-state index in [1.54, 1.807) is 0 Å². The summed E-state index contributed by atoms with van der Waals surface area (Å²) in [4.78, 5) is 0. The molecule has 0 aromatic carbocycles. The van der Waals surface area contributed by atoms with E-state index < -0.39 is 7.42 Å². The molecule has 0 bridgehead atoms. The van der Waals surface area contributed by atoms with Gasteiger partial charge in [-0.2, -0.15) is 0 Å². The van der Waals surface area contributed by atoms with Gasteiger partial charge in [0.05, 0.1) is 0 Å². The van der Waals surface area contributed by atoms with Gasteiger partial charge in [0.25, 0.3) is 0 Å². The Morgan fingerprint density at radius 2 is 2.11 bits per heavy atom. The molecule has 1 nitrogen and oxygen atoms in total. The molecule has 1 unspecified atom stereocenters. The normalized spacial score (nSPS) is 14.2. The van der Waals surface area contributed by atoms with E-state index in [9.17, 15) is 4.57 Å². The monoisotopic (exact) mass is 144 g/mol. The maximum absolute atomic E-state index is 10.6. The van der Waals surface area contributed by atoms with Gasteiger partial charge in [0.1, 0.15) is 7.42 Å². The quantitative estimate of drug-likeness (QED) is 0.544. The molecule has 0 saturated heterocycles. The molecule has 1 atom stereocenters. The lowest BCUT2D eigenvalue weighted by Crippen LogP contribution is -1.77. The van der Waals surface area contributed by atoms with Crippen LogP contribution >= 0.6 is 7.42 Å². The molecule has 0 aliphatic carbocycles. The van der Waals surface area contributed by atoms with Crippen molar-refractivity contribution in [2.75, 3.05) is 0 Å². The van der Waals surface area contributed by atoms with Crippen molar-refractivity contribution in [1.82, 2.24) is 0 Å². The molecule has 0 N–H and O–H groups in total. The maximum atomic E-state index is 10.6. The summed E-state index contributed by atoms with van der Waals surface area (Å²) >= 11 is 0. The average molecular weight is 144 g/mol. The predicted molar refractivity (Wildman–Crippen MR) is 43.3 cm³/mol. The molecule has 0 aromatic rings. The van der Waals surface area contributed by atoms with Crippen LogP contribution in [0.15, 0.2) is 11.4 Å². The van der Waals surface area contributed by atoms with Crippen LogP contribution in [0.2, 0.25) is 0 Å². The van der Waals surface area contributed by atoms with Crippen LogP contribution in [0.4, 0.5) is 0 Å². The Hall–Kier alpha value is -0.290. The van der Waals surface area contributed by atoms with E-state index in [0.29, 0.717) is 5.92 Å². The first-order chi connectivity index (χ1) is 4.04. The third-order valence-electron chi connectivity index (χ3n) is 0.968. The third kappa shape index (κ3) is 4.23. The molecule has 0 aliphatic heterocycles. The van der Waals surface area contributed by atoms with Gasteiger partial charge in [-0.3, -0.25) is 4.57 Å². The molecular weight excluding hydrogens is 131 g/mol. The first-order valence-corrected chi connectivity index (χ1v) is 4.44. The van der Waals surface area contributed by atoms with Crippen LogP contribution in [0.5, 0.6) is 0 Å². The zero-order chi connectivity index (χ0) is 7.44. The van der Waals surface area contributed by atoms with Gasteiger partial charge in [0.15, 0.2) is 0 Å². The van der Waals surface area contributed by atoms with Crippen LogP contribution in [0.25, 0.3) is 0 Å². The van der Waals surface area contributed by atoms with E-state index in [2.05, 4.69) is 20.1 Å². The van der Waals surface area contributed by atoms with E-state index in [1.165, 1.54) is 0 Å². The Bertz CT molecular complexity index is 167. The first-order valence-electron chi connectivity index (χ1n) is 3.00. The number of allylic oxidation sites excluding steroid dienone is 2. The molecule has 0 heterocycles. The van der Waals surface area contributed by atoms with Gasteiger partial charge in [-0.1, -0.05) is 19.9 Å². The summed E-state index contributed by atoms with van der Waals surface area (Å²) in [5, 5.41) is 0.903. The van der Waals surface area contributed by atoms with Gasteiger partial charge in [-0.15, -0.1) is 0 Å². The summed E-state index contributed by atoms with van der Waals surface area (Å²) in [6.45, 7) is 5.97. The summed E-state index contributed by atoms with van der Waals surface area (Å²) in [6.07, 6.45) is 5.41. The highest BCUT2D eigenvalue weighted by atomic mass is 31.1. The molecule has 0 fully saturated rings. The third-order valence-corrected chi connectivity index (χ3v) is 1.90. The van der Waals surface area contributed by atoms with E-state index in [1.807, 2.05) is 13.0 Å². The highest BCUT2D eigenvalue weighted by Gasteiger charge is 1.90. The van der Waals surface area contributed by atoms with Crippen LogP contribution in [0, 0.1) is 5.92 Å². The molecule has 9 heavy (non-hydrogen) atoms. The van der Waals surface area contributed by atoms with Crippen LogP contribution in [0.3, 0.4) is 0 Å². The maximum Gasteiger partial charge on any atom is 0.117 e. The molecule has 0 aliphatic rings. The number of hydrogen-bond acceptors (Lipinski definition) is 1. The van der Waals surface area contributed by atoms with Crippen molar-refractivity contribution in [3.63, 3.8) is 0 Å². The van der Waals surface area contributed by atoms with Crippen LogP contribution < -0.4 is 0 Å². The molecule has 0 saturated carbocycles. The fourth-order valence-electron chi connectivity index (χ4n) is 0.566.